The summed E-state index contributed by atoms with van der Waals surface area (Å²) >= 11 is 6.77. The van der Waals surface area contributed by atoms with E-state index >= 15 is 0 Å². The summed E-state index contributed by atoms with van der Waals surface area (Å²) in [5, 5.41) is 16.5. The number of halogens is 2. The molecule has 9 nitrogen and oxygen atoms in total. The number of benzene rings is 2. The number of hydrogen-bond donors (Lipinski definition) is 1. The lowest BCUT2D eigenvalue weighted by Gasteiger charge is -2.08. The summed E-state index contributed by atoms with van der Waals surface area (Å²) in [7, 11) is 0. The first kappa shape index (κ1) is 23.2. The van der Waals surface area contributed by atoms with E-state index in [4.69, 9.17) is 4.42 Å². The van der Waals surface area contributed by atoms with Gasteiger partial charge in [0.1, 0.15) is 5.56 Å². The molecule has 0 bridgehead atoms. The summed E-state index contributed by atoms with van der Waals surface area (Å²) in [6.07, 6.45) is 3.40. The highest BCUT2D eigenvalue weighted by atomic mass is 79.9. The molecule has 0 unspecified atom stereocenters. The highest BCUT2D eigenvalue weighted by Crippen LogP contribution is 2.28. The first-order valence-electron chi connectivity index (χ1n) is 10.9. The van der Waals surface area contributed by atoms with Gasteiger partial charge in [0.2, 0.25) is 0 Å². The fraction of sp³-hybridized carbons (Fsp3) is 0. The number of aromatic nitrogens is 5. The number of rotatable bonds is 4. The Labute approximate surface area is 225 Å². The normalized spacial score (nSPS) is 11.2. The van der Waals surface area contributed by atoms with Gasteiger partial charge >= 0.3 is 5.63 Å². The monoisotopic (exact) mass is 616 g/mol. The van der Waals surface area contributed by atoms with Gasteiger partial charge in [-0.2, -0.15) is 9.61 Å². The van der Waals surface area contributed by atoms with E-state index in [0.29, 0.717) is 38.3 Å². The van der Waals surface area contributed by atoms with Crippen LogP contribution in [-0.4, -0.2) is 30.7 Å². The van der Waals surface area contributed by atoms with Gasteiger partial charge in [0.05, 0.1) is 10.2 Å². The molecule has 0 aliphatic heterocycles. The minimum Gasteiger partial charge on any atom is -0.421 e. The Kier molecular flexibility index (Phi) is 5.85. The molecule has 0 aliphatic rings. The van der Waals surface area contributed by atoms with Crippen LogP contribution in [0.15, 0.2) is 97.3 Å². The van der Waals surface area contributed by atoms with Gasteiger partial charge in [0.15, 0.2) is 17.1 Å². The first-order chi connectivity index (χ1) is 18.0. The number of hydrogen-bond acceptors (Lipinski definition) is 7. The summed E-state index contributed by atoms with van der Waals surface area (Å²) in [6.45, 7) is 0. The summed E-state index contributed by atoms with van der Waals surface area (Å²) in [5.74, 6) is 0.0201. The summed E-state index contributed by atoms with van der Waals surface area (Å²) < 4.78 is 8.44. The van der Waals surface area contributed by atoms with E-state index in [-0.39, 0.29) is 5.56 Å². The molecular formula is C26H14Br2N6O3. The van der Waals surface area contributed by atoms with Gasteiger partial charge in [-0.3, -0.25) is 9.78 Å². The number of fused-ring (bicyclic) bond motifs is 2. The number of amides is 1. The van der Waals surface area contributed by atoms with Gasteiger partial charge in [0.25, 0.3) is 5.91 Å². The number of carbonyl (C=O) groups excluding carboxylic acids is 1. The van der Waals surface area contributed by atoms with Crippen LogP contribution < -0.4 is 10.9 Å². The zero-order chi connectivity index (χ0) is 25.5. The Morgan fingerprint density at radius 2 is 1.78 bits per heavy atom. The maximum atomic E-state index is 12.9. The van der Waals surface area contributed by atoms with E-state index in [2.05, 4.69) is 57.5 Å². The van der Waals surface area contributed by atoms with Crippen molar-refractivity contribution in [2.24, 2.45) is 0 Å². The topological polar surface area (TPSA) is 115 Å². The van der Waals surface area contributed by atoms with Crippen molar-refractivity contribution in [1.29, 1.82) is 0 Å². The van der Waals surface area contributed by atoms with Crippen molar-refractivity contribution in [3.63, 3.8) is 0 Å². The Hall–Kier alpha value is -4.22. The zero-order valence-corrected chi connectivity index (χ0v) is 21.9. The summed E-state index contributed by atoms with van der Waals surface area (Å²) in [4.78, 5) is 29.5. The third kappa shape index (κ3) is 4.43. The van der Waals surface area contributed by atoms with E-state index < -0.39 is 11.5 Å². The van der Waals surface area contributed by atoms with Gasteiger partial charge in [-0.25, -0.2) is 4.79 Å². The molecule has 0 saturated carbocycles. The van der Waals surface area contributed by atoms with Gasteiger partial charge in [-0.1, -0.05) is 28.1 Å². The van der Waals surface area contributed by atoms with Crippen LogP contribution >= 0.6 is 31.9 Å². The van der Waals surface area contributed by atoms with Crippen molar-refractivity contribution in [3.8, 4) is 22.6 Å². The smallest absolute Gasteiger partial charge is 0.349 e. The summed E-state index contributed by atoms with van der Waals surface area (Å²) in [6, 6.07) is 19.6. The first-order valence-corrected chi connectivity index (χ1v) is 12.5. The van der Waals surface area contributed by atoms with E-state index in [1.807, 2.05) is 36.4 Å². The molecule has 0 spiro atoms. The van der Waals surface area contributed by atoms with Crippen LogP contribution in [0.25, 0.3) is 39.3 Å². The van der Waals surface area contributed by atoms with Crippen LogP contribution in [0.3, 0.4) is 0 Å². The minimum absolute atomic E-state index is 0.0933. The molecule has 1 amide bonds. The average Bonchev–Trinajstić information content (AvgIpc) is 3.33. The number of nitrogens with one attached hydrogen (secondary N) is 1. The fourth-order valence-corrected chi connectivity index (χ4v) is 5.20. The zero-order valence-electron chi connectivity index (χ0n) is 18.7. The number of pyridine rings is 1. The second kappa shape index (κ2) is 9.34. The molecule has 4 heterocycles. The molecule has 11 heteroatoms. The highest BCUT2D eigenvalue weighted by molar-refractivity contribution is 9.11. The molecule has 6 aromatic rings. The largest absolute Gasteiger partial charge is 0.421 e. The van der Waals surface area contributed by atoms with Crippen LogP contribution in [0.1, 0.15) is 10.4 Å². The van der Waals surface area contributed by atoms with Crippen LogP contribution in [0.4, 0.5) is 5.69 Å². The lowest BCUT2D eigenvalue weighted by Crippen LogP contribution is -2.20. The second-order valence-corrected chi connectivity index (χ2v) is 9.81. The van der Waals surface area contributed by atoms with Crippen LogP contribution in [0.5, 0.6) is 0 Å². The van der Waals surface area contributed by atoms with Gasteiger partial charge in [0, 0.05) is 39.1 Å². The molecule has 0 saturated heterocycles. The quantitative estimate of drug-likeness (QED) is 0.251. The molecule has 1 N–H and O–H groups in total. The predicted octanol–water partition coefficient (Wildman–Crippen LogP) is 5.74. The Balaban J connectivity index is 1.27. The van der Waals surface area contributed by atoms with Crippen molar-refractivity contribution < 1.29 is 9.21 Å². The molecule has 0 fully saturated rings. The van der Waals surface area contributed by atoms with Gasteiger partial charge in [-0.05, 0) is 70.5 Å². The highest BCUT2D eigenvalue weighted by Gasteiger charge is 2.16. The van der Waals surface area contributed by atoms with E-state index in [9.17, 15) is 9.59 Å². The van der Waals surface area contributed by atoms with E-state index in [1.54, 1.807) is 41.2 Å². The molecule has 0 atom stereocenters. The predicted molar refractivity (Wildman–Crippen MR) is 145 cm³/mol. The van der Waals surface area contributed by atoms with E-state index in [0.717, 1.165) is 15.6 Å². The van der Waals surface area contributed by atoms with Crippen molar-refractivity contribution in [2.45, 2.75) is 0 Å². The van der Waals surface area contributed by atoms with Crippen LogP contribution in [0, 0.1) is 0 Å². The Morgan fingerprint density at radius 3 is 2.57 bits per heavy atom. The molecule has 4 aromatic heterocycles. The lowest BCUT2D eigenvalue weighted by atomic mass is 10.1. The molecule has 6 rings (SSSR count). The third-order valence-corrected chi connectivity index (χ3v) is 6.66. The lowest BCUT2D eigenvalue weighted by molar-refractivity contribution is 0.102. The maximum Gasteiger partial charge on any atom is 0.349 e. The molecule has 0 radical (unpaired) electrons. The standard InChI is InChI=1S/C26H14Br2N6O3/c27-17-10-16-11-19(26(36)37-23(16)20(28)12-17)25(35)30-18-5-3-14(4-6-18)21-7-8-22-31-32-24(34(22)33-21)15-2-1-9-29-13-15/h1-13H,(H,30,35). The van der Waals surface area contributed by atoms with Crippen LogP contribution in [0.2, 0.25) is 0 Å². The SMILES string of the molecule is O=C(Nc1ccc(-c2ccc3nnc(-c4cccnc4)n3n2)cc1)c1cc2cc(Br)cc(Br)c2oc1=O. The number of nitrogens with zero attached hydrogens (tertiary/aromatic N) is 5. The van der Waals surface area contributed by atoms with Crippen molar-refractivity contribution in [2.75, 3.05) is 5.32 Å². The fourth-order valence-electron chi connectivity index (χ4n) is 3.86. The number of carbonyl (C=O) groups is 1. The van der Waals surface area contributed by atoms with Gasteiger partial charge < -0.3 is 9.73 Å². The van der Waals surface area contributed by atoms with Crippen molar-refractivity contribution in [1.82, 2.24) is 24.8 Å². The van der Waals surface area contributed by atoms with Crippen molar-refractivity contribution >= 4 is 60.1 Å². The van der Waals surface area contributed by atoms with Crippen molar-refractivity contribution in [3.05, 3.63) is 104 Å². The molecule has 2 aromatic carbocycles. The molecule has 37 heavy (non-hydrogen) atoms. The average molecular weight is 618 g/mol. The Bertz CT molecular complexity index is 1870. The molecule has 0 aliphatic carbocycles. The second-order valence-electron chi connectivity index (χ2n) is 8.04. The molecule has 180 valence electrons. The molecular weight excluding hydrogens is 604 g/mol. The Morgan fingerprint density at radius 1 is 0.946 bits per heavy atom. The van der Waals surface area contributed by atoms with Gasteiger partial charge in [-0.15, -0.1) is 10.2 Å². The maximum absolute atomic E-state index is 12.9. The van der Waals surface area contributed by atoms with E-state index in [1.165, 1.54) is 6.07 Å². The minimum atomic E-state index is -0.722. The number of anilines is 1. The van der Waals surface area contributed by atoms with Crippen LogP contribution in [-0.2, 0) is 0 Å². The summed E-state index contributed by atoms with van der Waals surface area (Å²) in [5.41, 5.74) is 3.01. The third-order valence-electron chi connectivity index (χ3n) is 5.62.